The number of fused-ring (bicyclic) bond motifs is 1. The number of thiazole rings is 1. The summed E-state index contributed by atoms with van der Waals surface area (Å²) in [6.07, 6.45) is 1.90. The zero-order valence-electron chi connectivity index (χ0n) is 9.41. The van der Waals surface area contributed by atoms with Gasteiger partial charge in [-0.05, 0) is 18.2 Å². The maximum absolute atomic E-state index is 11.1. The molecule has 0 aliphatic carbocycles. The molecule has 0 saturated carbocycles. The minimum atomic E-state index is -0.896. The number of aromatic carboxylic acids is 1. The minimum Gasteiger partial charge on any atom is -0.478 e. The first kappa shape index (κ1) is 11.0. The molecule has 0 spiro atoms. The largest absolute Gasteiger partial charge is 0.478 e. The fourth-order valence-electron chi connectivity index (χ4n) is 2.04. The fraction of sp³-hybridized carbons (Fsp3) is 0.0769. The molecule has 0 fully saturated rings. The molecule has 5 heteroatoms. The summed E-state index contributed by atoms with van der Waals surface area (Å²) in [5, 5.41) is 11.9. The molecule has 0 atom stereocenters. The second kappa shape index (κ2) is 4.27. The Hall–Kier alpha value is -2.14. The minimum absolute atomic E-state index is 0.338. The summed E-state index contributed by atoms with van der Waals surface area (Å²) in [4.78, 5) is 15.4. The van der Waals surface area contributed by atoms with Gasteiger partial charge in [-0.25, -0.2) is 9.78 Å². The molecule has 1 aromatic carbocycles. The van der Waals surface area contributed by atoms with Gasteiger partial charge in [-0.1, -0.05) is 6.07 Å². The van der Waals surface area contributed by atoms with Crippen molar-refractivity contribution >= 4 is 28.2 Å². The molecule has 0 aliphatic rings. The summed E-state index contributed by atoms with van der Waals surface area (Å²) in [6, 6.07) is 7.15. The summed E-state index contributed by atoms with van der Waals surface area (Å²) < 4.78 is 2.01. The second-order valence-electron chi connectivity index (χ2n) is 3.97. The van der Waals surface area contributed by atoms with Gasteiger partial charge in [0, 0.05) is 22.5 Å². The number of rotatable bonds is 3. The van der Waals surface area contributed by atoms with Gasteiger partial charge in [0.15, 0.2) is 0 Å². The monoisotopic (exact) mass is 258 g/mol. The molecule has 18 heavy (non-hydrogen) atoms. The van der Waals surface area contributed by atoms with Gasteiger partial charge in [0.2, 0.25) is 0 Å². The van der Waals surface area contributed by atoms with E-state index in [-0.39, 0.29) is 0 Å². The Kier molecular flexibility index (Phi) is 2.60. The van der Waals surface area contributed by atoms with Gasteiger partial charge in [0.1, 0.15) is 0 Å². The highest BCUT2D eigenvalue weighted by atomic mass is 32.1. The van der Waals surface area contributed by atoms with Crippen LogP contribution in [0.3, 0.4) is 0 Å². The van der Waals surface area contributed by atoms with Crippen LogP contribution in [0.5, 0.6) is 0 Å². The average Bonchev–Trinajstić information content (AvgIpc) is 2.99. The Morgan fingerprint density at radius 3 is 3.00 bits per heavy atom. The van der Waals surface area contributed by atoms with Crippen molar-refractivity contribution in [3.63, 3.8) is 0 Å². The predicted octanol–water partition coefficient (Wildman–Crippen LogP) is 2.84. The summed E-state index contributed by atoms with van der Waals surface area (Å²) >= 11 is 1.56. The standard InChI is InChI=1S/C13H10N2O2S/c16-13(17)11-2-1-3-12-10(11)4-5-15(12)6-9-7-18-8-14-9/h1-5,7-8H,6H2,(H,16,17). The number of hydrogen-bond acceptors (Lipinski definition) is 3. The summed E-state index contributed by atoms with van der Waals surface area (Å²) in [7, 11) is 0. The molecule has 0 aliphatic heterocycles. The normalized spacial score (nSPS) is 10.9. The molecule has 90 valence electrons. The lowest BCUT2D eigenvalue weighted by atomic mass is 10.1. The van der Waals surface area contributed by atoms with Gasteiger partial charge < -0.3 is 9.67 Å². The SMILES string of the molecule is O=C(O)c1cccc2c1ccn2Cc1cscn1. The number of nitrogens with zero attached hydrogens (tertiary/aromatic N) is 2. The van der Waals surface area contributed by atoms with Crippen molar-refractivity contribution in [1.82, 2.24) is 9.55 Å². The van der Waals surface area contributed by atoms with Gasteiger partial charge in [-0.15, -0.1) is 11.3 Å². The molecule has 0 unspecified atom stereocenters. The van der Waals surface area contributed by atoms with Crippen LogP contribution < -0.4 is 0 Å². The van der Waals surface area contributed by atoms with E-state index in [2.05, 4.69) is 4.98 Å². The molecule has 0 saturated heterocycles. The summed E-state index contributed by atoms with van der Waals surface area (Å²) in [5.74, 6) is -0.896. The van der Waals surface area contributed by atoms with Crippen molar-refractivity contribution in [1.29, 1.82) is 0 Å². The maximum Gasteiger partial charge on any atom is 0.336 e. The Morgan fingerprint density at radius 1 is 1.39 bits per heavy atom. The third-order valence-electron chi connectivity index (χ3n) is 2.86. The molecule has 0 radical (unpaired) electrons. The zero-order chi connectivity index (χ0) is 12.5. The second-order valence-corrected chi connectivity index (χ2v) is 4.69. The Balaban J connectivity index is 2.09. The number of carboxylic acids is 1. The van der Waals surface area contributed by atoms with E-state index in [1.54, 1.807) is 29.0 Å². The number of carboxylic acid groups (broad SMARTS) is 1. The molecule has 0 amide bonds. The van der Waals surface area contributed by atoms with Crippen LogP contribution in [0.15, 0.2) is 41.4 Å². The molecule has 2 heterocycles. The number of carbonyl (C=O) groups is 1. The third-order valence-corrected chi connectivity index (χ3v) is 3.50. The van der Waals surface area contributed by atoms with Crippen LogP contribution >= 0.6 is 11.3 Å². The lowest BCUT2D eigenvalue weighted by molar-refractivity contribution is 0.0699. The van der Waals surface area contributed by atoms with E-state index in [4.69, 9.17) is 5.11 Å². The highest BCUT2D eigenvalue weighted by molar-refractivity contribution is 7.07. The smallest absolute Gasteiger partial charge is 0.336 e. The molecule has 4 nitrogen and oxygen atoms in total. The van der Waals surface area contributed by atoms with Crippen LogP contribution in [-0.4, -0.2) is 20.6 Å². The van der Waals surface area contributed by atoms with Crippen molar-refractivity contribution in [3.05, 3.63) is 52.6 Å². The highest BCUT2D eigenvalue weighted by Gasteiger charge is 2.11. The lowest BCUT2D eigenvalue weighted by Crippen LogP contribution is -2.00. The van der Waals surface area contributed by atoms with Crippen molar-refractivity contribution in [2.45, 2.75) is 6.54 Å². The molecular formula is C13H10N2O2S. The van der Waals surface area contributed by atoms with Gasteiger partial charge in [-0.3, -0.25) is 0 Å². The van der Waals surface area contributed by atoms with Crippen LogP contribution in [0.2, 0.25) is 0 Å². The van der Waals surface area contributed by atoms with Crippen molar-refractivity contribution in [3.8, 4) is 0 Å². The van der Waals surface area contributed by atoms with Crippen LogP contribution in [-0.2, 0) is 6.54 Å². The molecule has 1 N–H and O–H groups in total. The molecule has 2 aromatic heterocycles. The Labute approximate surface area is 107 Å². The third kappa shape index (κ3) is 1.78. The van der Waals surface area contributed by atoms with Crippen LogP contribution in [0.1, 0.15) is 16.1 Å². The van der Waals surface area contributed by atoms with Crippen molar-refractivity contribution in [2.75, 3.05) is 0 Å². The van der Waals surface area contributed by atoms with Crippen LogP contribution in [0.4, 0.5) is 0 Å². The molecule has 3 aromatic rings. The first-order valence-corrected chi connectivity index (χ1v) is 6.38. The lowest BCUT2D eigenvalue weighted by Gasteiger charge is -2.03. The first-order valence-electron chi connectivity index (χ1n) is 5.44. The van der Waals surface area contributed by atoms with E-state index in [1.165, 1.54) is 0 Å². The maximum atomic E-state index is 11.1. The average molecular weight is 258 g/mol. The Bertz CT molecular complexity index is 701. The van der Waals surface area contributed by atoms with Gasteiger partial charge in [0.25, 0.3) is 0 Å². The van der Waals surface area contributed by atoms with E-state index < -0.39 is 5.97 Å². The Morgan fingerprint density at radius 2 is 2.28 bits per heavy atom. The predicted molar refractivity (Wildman–Crippen MR) is 70.1 cm³/mol. The zero-order valence-corrected chi connectivity index (χ0v) is 10.2. The number of benzene rings is 1. The fourth-order valence-corrected chi connectivity index (χ4v) is 2.59. The first-order chi connectivity index (χ1) is 8.75. The summed E-state index contributed by atoms with van der Waals surface area (Å²) in [6.45, 7) is 0.663. The topological polar surface area (TPSA) is 55.1 Å². The summed E-state index contributed by atoms with van der Waals surface area (Å²) in [5.41, 5.74) is 4.04. The van der Waals surface area contributed by atoms with Crippen molar-refractivity contribution in [2.24, 2.45) is 0 Å². The van der Waals surface area contributed by atoms with Crippen LogP contribution in [0.25, 0.3) is 10.9 Å². The molecular weight excluding hydrogens is 248 g/mol. The highest BCUT2D eigenvalue weighted by Crippen LogP contribution is 2.21. The van der Waals surface area contributed by atoms with E-state index in [9.17, 15) is 4.79 Å². The van der Waals surface area contributed by atoms with E-state index in [0.29, 0.717) is 12.1 Å². The molecule has 0 bridgehead atoms. The van der Waals surface area contributed by atoms with Gasteiger partial charge >= 0.3 is 5.97 Å². The number of hydrogen-bond donors (Lipinski definition) is 1. The quantitative estimate of drug-likeness (QED) is 0.786. The van der Waals surface area contributed by atoms with E-state index in [1.807, 2.05) is 28.3 Å². The van der Waals surface area contributed by atoms with Crippen molar-refractivity contribution < 1.29 is 9.90 Å². The van der Waals surface area contributed by atoms with Gasteiger partial charge in [0.05, 0.1) is 23.3 Å². The van der Waals surface area contributed by atoms with E-state index in [0.717, 1.165) is 16.6 Å². The molecule has 3 rings (SSSR count). The number of aromatic nitrogens is 2. The van der Waals surface area contributed by atoms with E-state index >= 15 is 0 Å². The van der Waals surface area contributed by atoms with Gasteiger partial charge in [-0.2, -0.15) is 0 Å². The van der Waals surface area contributed by atoms with Crippen LogP contribution in [0, 0.1) is 0 Å².